The summed E-state index contributed by atoms with van der Waals surface area (Å²) in [5.74, 6) is 1.67. The molecular formula is C21H20BrClN2O2. The molecule has 0 radical (unpaired) electrons. The van der Waals surface area contributed by atoms with Crippen molar-refractivity contribution in [3.05, 3.63) is 81.5 Å². The summed E-state index contributed by atoms with van der Waals surface area (Å²) in [7, 11) is 3.33. The van der Waals surface area contributed by atoms with Crippen LogP contribution in [0.2, 0.25) is 5.15 Å². The maximum atomic E-state index is 6.43. The van der Waals surface area contributed by atoms with Gasteiger partial charge in [-0.3, -0.25) is 0 Å². The lowest BCUT2D eigenvalue weighted by Gasteiger charge is -2.26. The molecule has 2 aromatic carbocycles. The summed E-state index contributed by atoms with van der Waals surface area (Å²) in [5.41, 5.74) is 3.19. The Hall–Kier alpha value is -2.24. The van der Waals surface area contributed by atoms with Crippen LogP contribution in [0.15, 0.2) is 65.3 Å². The summed E-state index contributed by atoms with van der Waals surface area (Å²) in [6.07, 6.45) is 0. The standard InChI is InChI=1S/C21H20BrClN2O2/c1-26-17-7-3-15(4-8-17)13-25(19-11-12-20(22)24-21(19)23)14-16-5-9-18(27-2)10-6-16/h3-12H,13-14H2,1-2H3. The SMILES string of the molecule is COc1ccc(CN(Cc2ccc(OC)cc2)c2ccc(Br)nc2Cl)cc1. The van der Waals surface area contributed by atoms with Crippen molar-refractivity contribution in [2.24, 2.45) is 0 Å². The molecule has 1 aromatic heterocycles. The van der Waals surface area contributed by atoms with E-state index in [4.69, 9.17) is 21.1 Å². The Morgan fingerprint density at radius 1 is 0.815 bits per heavy atom. The fraction of sp³-hybridized carbons (Fsp3) is 0.190. The third kappa shape index (κ3) is 5.15. The molecule has 0 atom stereocenters. The van der Waals surface area contributed by atoms with Gasteiger partial charge in [-0.25, -0.2) is 4.98 Å². The van der Waals surface area contributed by atoms with Gasteiger partial charge in [0.05, 0.1) is 19.9 Å². The first kappa shape index (κ1) is 19.5. The number of hydrogen-bond donors (Lipinski definition) is 0. The molecule has 4 nitrogen and oxygen atoms in total. The molecule has 0 aliphatic rings. The van der Waals surface area contributed by atoms with Crippen LogP contribution >= 0.6 is 27.5 Å². The van der Waals surface area contributed by atoms with Crippen LogP contribution in [0.5, 0.6) is 11.5 Å². The molecule has 0 N–H and O–H groups in total. The van der Waals surface area contributed by atoms with Gasteiger partial charge in [0.15, 0.2) is 5.15 Å². The molecule has 1 heterocycles. The molecule has 0 aliphatic heterocycles. The first-order valence-electron chi connectivity index (χ1n) is 8.42. The zero-order valence-corrected chi connectivity index (χ0v) is 17.5. The van der Waals surface area contributed by atoms with Gasteiger partial charge in [0.2, 0.25) is 0 Å². The molecule has 0 spiro atoms. The number of aromatic nitrogens is 1. The summed E-state index contributed by atoms with van der Waals surface area (Å²) in [6.45, 7) is 1.39. The first-order chi connectivity index (χ1) is 13.1. The van der Waals surface area contributed by atoms with E-state index in [-0.39, 0.29) is 0 Å². The van der Waals surface area contributed by atoms with Crippen LogP contribution in [0.4, 0.5) is 5.69 Å². The average molecular weight is 448 g/mol. The number of rotatable bonds is 7. The largest absolute Gasteiger partial charge is 0.497 e. The maximum absolute atomic E-state index is 6.43. The Morgan fingerprint density at radius 2 is 1.30 bits per heavy atom. The Labute approximate surface area is 172 Å². The van der Waals surface area contributed by atoms with Gasteiger partial charge in [-0.2, -0.15) is 0 Å². The van der Waals surface area contributed by atoms with E-state index in [1.807, 2.05) is 36.4 Å². The summed E-state index contributed by atoms with van der Waals surface area (Å²) < 4.78 is 11.2. The number of ether oxygens (including phenoxy) is 2. The van der Waals surface area contributed by atoms with E-state index in [1.54, 1.807) is 14.2 Å². The summed E-state index contributed by atoms with van der Waals surface area (Å²) in [5, 5.41) is 0.464. The highest BCUT2D eigenvalue weighted by atomic mass is 79.9. The van der Waals surface area contributed by atoms with Gasteiger partial charge in [0.1, 0.15) is 16.1 Å². The van der Waals surface area contributed by atoms with Crippen LogP contribution in [-0.2, 0) is 13.1 Å². The lowest BCUT2D eigenvalue weighted by molar-refractivity contribution is 0.414. The van der Waals surface area contributed by atoms with E-state index in [1.165, 1.54) is 0 Å². The molecule has 3 aromatic rings. The van der Waals surface area contributed by atoms with E-state index in [9.17, 15) is 0 Å². The first-order valence-corrected chi connectivity index (χ1v) is 9.59. The average Bonchev–Trinajstić information content (AvgIpc) is 2.69. The zero-order valence-electron chi connectivity index (χ0n) is 15.2. The Morgan fingerprint density at radius 3 is 1.70 bits per heavy atom. The van der Waals surface area contributed by atoms with Crippen LogP contribution in [-0.4, -0.2) is 19.2 Å². The fourth-order valence-electron chi connectivity index (χ4n) is 2.77. The molecular weight excluding hydrogens is 428 g/mol. The number of nitrogens with zero attached hydrogens (tertiary/aromatic N) is 2. The zero-order chi connectivity index (χ0) is 19.2. The molecule has 0 aliphatic carbocycles. The van der Waals surface area contributed by atoms with Gasteiger partial charge in [-0.1, -0.05) is 35.9 Å². The van der Waals surface area contributed by atoms with Crippen LogP contribution < -0.4 is 14.4 Å². The van der Waals surface area contributed by atoms with Gasteiger partial charge in [-0.15, -0.1) is 0 Å². The second-order valence-electron chi connectivity index (χ2n) is 6.00. The number of hydrogen-bond acceptors (Lipinski definition) is 4. The number of pyridine rings is 1. The smallest absolute Gasteiger partial charge is 0.153 e. The highest BCUT2D eigenvalue weighted by Gasteiger charge is 2.14. The van der Waals surface area contributed by atoms with Crippen molar-refractivity contribution in [3.8, 4) is 11.5 Å². The van der Waals surface area contributed by atoms with Crippen molar-refractivity contribution in [1.29, 1.82) is 0 Å². The third-order valence-corrected chi connectivity index (χ3v) is 4.92. The molecule has 27 heavy (non-hydrogen) atoms. The third-order valence-electron chi connectivity index (χ3n) is 4.20. The van der Waals surface area contributed by atoms with Crippen LogP contribution in [0.25, 0.3) is 0 Å². The van der Waals surface area contributed by atoms with E-state index in [0.717, 1.165) is 28.3 Å². The van der Waals surface area contributed by atoms with Crippen LogP contribution in [0.1, 0.15) is 11.1 Å². The van der Waals surface area contributed by atoms with Gasteiger partial charge < -0.3 is 14.4 Å². The van der Waals surface area contributed by atoms with Crippen molar-refractivity contribution in [2.45, 2.75) is 13.1 Å². The minimum atomic E-state index is 0.464. The summed E-state index contributed by atoms with van der Waals surface area (Å²) in [6, 6.07) is 19.9. The molecule has 3 rings (SSSR count). The van der Waals surface area contributed by atoms with Gasteiger partial charge >= 0.3 is 0 Å². The van der Waals surface area contributed by atoms with E-state index >= 15 is 0 Å². The molecule has 0 saturated heterocycles. The van der Waals surface area contributed by atoms with Crippen molar-refractivity contribution in [1.82, 2.24) is 4.98 Å². The molecule has 140 valence electrons. The molecule has 6 heteroatoms. The maximum Gasteiger partial charge on any atom is 0.153 e. The second-order valence-corrected chi connectivity index (χ2v) is 7.17. The van der Waals surface area contributed by atoms with E-state index < -0.39 is 0 Å². The Balaban J connectivity index is 1.89. The molecule has 0 bridgehead atoms. The molecule has 0 unspecified atom stereocenters. The predicted octanol–water partition coefficient (Wildman–Crippen LogP) is 5.72. The second kappa shape index (κ2) is 9.11. The Bertz CT molecular complexity index is 836. The topological polar surface area (TPSA) is 34.6 Å². The van der Waals surface area contributed by atoms with Gasteiger partial charge in [0, 0.05) is 13.1 Å². The number of benzene rings is 2. The minimum absolute atomic E-state index is 0.464. The normalized spacial score (nSPS) is 10.5. The quantitative estimate of drug-likeness (QED) is 0.434. The predicted molar refractivity (Wildman–Crippen MR) is 113 cm³/mol. The highest BCUT2D eigenvalue weighted by Crippen LogP contribution is 2.29. The minimum Gasteiger partial charge on any atom is -0.497 e. The van der Waals surface area contributed by atoms with Gasteiger partial charge in [0.25, 0.3) is 0 Å². The lowest BCUT2D eigenvalue weighted by Crippen LogP contribution is -2.22. The van der Waals surface area contributed by atoms with Crippen molar-refractivity contribution >= 4 is 33.2 Å². The van der Waals surface area contributed by atoms with Crippen molar-refractivity contribution in [3.63, 3.8) is 0 Å². The van der Waals surface area contributed by atoms with E-state index in [2.05, 4.69) is 50.1 Å². The van der Waals surface area contributed by atoms with Gasteiger partial charge in [-0.05, 0) is 63.5 Å². The van der Waals surface area contributed by atoms with Crippen molar-refractivity contribution < 1.29 is 9.47 Å². The number of methoxy groups -OCH3 is 2. The monoisotopic (exact) mass is 446 g/mol. The summed E-state index contributed by atoms with van der Waals surface area (Å²) >= 11 is 9.80. The highest BCUT2D eigenvalue weighted by molar-refractivity contribution is 9.10. The van der Waals surface area contributed by atoms with E-state index in [0.29, 0.717) is 22.8 Å². The number of halogens is 2. The molecule has 0 fully saturated rings. The fourth-order valence-corrected chi connectivity index (χ4v) is 3.45. The van der Waals surface area contributed by atoms with Crippen LogP contribution in [0, 0.1) is 0 Å². The molecule has 0 amide bonds. The van der Waals surface area contributed by atoms with Crippen molar-refractivity contribution in [2.75, 3.05) is 19.1 Å². The summed E-state index contributed by atoms with van der Waals surface area (Å²) in [4.78, 5) is 6.53. The molecule has 0 saturated carbocycles. The lowest BCUT2D eigenvalue weighted by atomic mass is 10.1. The Kier molecular flexibility index (Phi) is 6.58. The number of anilines is 1. The van der Waals surface area contributed by atoms with Crippen LogP contribution in [0.3, 0.4) is 0 Å².